The molecular weight excluding hydrogens is 280 g/mol. The number of carbonyl (C=O) groups is 1. The average molecular weight is 296 g/mol. The molecule has 1 amide bonds. The molecule has 0 radical (unpaired) electrons. The summed E-state index contributed by atoms with van der Waals surface area (Å²) in [5.41, 5.74) is 7.67. The second-order valence-electron chi connectivity index (χ2n) is 4.33. The zero-order valence-corrected chi connectivity index (χ0v) is 12.5. The Morgan fingerprint density at radius 2 is 2.21 bits per heavy atom. The summed E-state index contributed by atoms with van der Waals surface area (Å²) in [6, 6.07) is 5.86. The van der Waals surface area contributed by atoms with Gasteiger partial charge in [-0.15, -0.1) is 11.3 Å². The molecule has 102 valence electrons. The van der Waals surface area contributed by atoms with Crippen molar-refractivity contribution in [2.24, 2.45) is 0 Å². The molecule has 2 rings (SSSR count). The van der Waals surface area contributed by atoms with Crippen molar-refractivity contribution >= 4 is 43.8 Å². The van der Waals surface area contributed by atoms with Gasteiger partial charge in [0.2, 0.25) is 0 Å². The number of amides is 1. The molecule has 4 nitrogen and oxygen atoms in total. The van der Waals surface area contributed by atoms with Gasteiger partial charge < -0.3 is 11.1 Å². The molecule has 1 unspecified atom stereocenters. The number of rotatable bonds is 4. The van der Waals surface area contributed by atoms with Crippen molar-refractivity contribution in [3.8, 4) is 0 Å². The molecule has 0 aliphatic rings. The van der Waals surface area contributed by atoms with E-state index in [-0.39, 0.29) is 5.91 Å². The van der Waals surface area contributed by atoms with E-state index in [0.29, 0.717) is 22.9 Å². The van der Waals surface area contributed by atoms with E-state index in [1.165, 1.54) is 11.3 Å². The maximum Gasteiger partial charge on any atom is 0.263 e. The molecule has 0 aliphatic heterocycles. The molecule has 3 N–H and O–H groups in total. The largest absolute Gasteiger partial charge is 0.397 e. The summed E-state index contributed by atoms with van der Waals surface area (Å²) in [5, 5.41) is 3.68. The molecule has 0 aliphatic carbocycles. The van der Waals surface area contributed by atoms with Gasteiger partial charge >= 0.3 is 0 Å². The Morgan fingerprint density at radius 1 is 1.47 bits per heavy atom. The molecule has 2 aromatic rings. The zero-order chi connectivity index (χ0) is 14.0. The highest BCUT2D eigenvalue weighted by Gasteiger charge is 2.16. The minimum atomic E-state index is -0.905. The van der Waals surface area contributed by atoms with Gasteiger partial charge in [-0.25, -0.2) is 0 Å². The number of fused-ring (bicyclic) bond motifs is 1. The lowest BCUT2D eigenvalue weighted by molar-refractivity contribution is 0.0961. The van der Waals surface area contributed by atoms with Crippen molar-refractivity contribution in [1.82, 2.24) is 5.32 Å². The van der Waals surface area contributed by atoms with Crippen LogP contribution < -0.4 is 11.1 Å². The SMILES string of the molecule is Cc1cccc2c(N)c(C(=O)NCCS(C)=O)sc12. The van der Waals surface area contributed by atoms with E-state index in [0.717, 1.165) is 15.6 Å². The number of aryl methyl sites for hydroxylation is 1. The van der Waals surface area contributed by atoms with Gasteiger partial charge in [0.25, 0.3) is 5.91 Å². The number of nitrogen functional groups attached to an aromatic ring is 1. The van der Waals surface area contributed by atoms with Gasteiger partial charge in [-0.3, -0.25) is 9.00 Å². The maximum absolute atomic E-state index is 12.0. The van der Waals surface area contributed by atoms with Crippen LogP contribution in [0.25, 0.3) is 10.1 Å². The number of carbonyl (C=O) groups excluding carboxylic acids is 1. The van der Waals surface area contributed by atoms with Gasteiger partial charge in [-0.1, -0.05) is 18.2 Å². The van der Waals surface area contributed by atoms with E-state index in [1.54, 1.807) is 6.26 Å². The third kappa shape index (κ3) is 2.96. The second kappa shape index (κ2) is 5.71. The Labute approximate surface area is 118 Å². The summed E-state index contributed by atoms with van der Waals surface area (Å²) in [5.74, 6) is 0.263. The van der Waals surface area contributed by atoms with E-state index < -0.39 is 10.8 Å². The van der Waals surface area contributed by atoms with E-state index >= 15 is 0 Å². The van der Waals surface area contributed by atoms with Crippen molar-refractivity contribution in [2.45, 2.75) is 6.92 Å². The summed E-state index contributed by atoms with van der Waals surface area (Å²) >= 11 is 1.40. The molecule has 0 saturated heterocycles. The highest BCUT2D eigenvalue weighted by Crippen LogP contribution is 2.35. The lowest BCUT2D eigenvalue weighted by Gasteiger charge is -2.02. The molecule has 19 heavy (non-hydrogen) atoms. The zero-order valence-electron chi connectivity index (χ0n) is 10.9. The van der Waals surface area contributed by atoms with Crippen LogP contribution in [-0.4, -0.2) is 28.7 Å². The number of anilines is 1. The van der Waals surface area contributed by atoms with Gasteiger partial charge in [0, 0.05) is 39.4 Å². The first-order valence-corrected chi connectivity index (χ1v) is 8.41. The Kier molecular flexibility index (Phi) is 4.21. The molecule has 0 spiro atoms. The topological polar surface area (TPSA) is 72.2 Å². The number of nitrogens with two attached hydrogens (primary N) is 1. The van der Waals surface area contributed by atoms with Gasteiger partial charge in [0.1, 0.15) is 4.88 Å². The van der Waals surface area contributed by atoms with Crippen molar-refractivity contribution in [2.75, 3.05) is 24.3 Å². The van der Waals surface area contributed by atoms with E-state index in [9.17, 15) is 9.00 Å². The Balaban J connectivity index is 2.25. The van der Waals surface area contributed by atoms with Crippen LogP contribution >= 0.6 is 11.3 Å². The normalized spacial score (nSPS) is 12.5. The fourth-order valence-electron chi connectivity index (χ4n) is 1.84. The van der Waals surface area contributed by atoms with Gasteiger partial charge in [0.15, 0.2) is 0 Å². The number of hydrogen-bond acceptors (Lipinski definition) is 4. The lowest BCUT2D eigenvalue weighted by Crippen LogP contribution is -2.27. The number of benzene rings is 1. The second-order valence-corrected chi connectivity index (χ2v) is 6.90. The molecule has 1 aromatic heterocycles. The highest BCUT2D eigenvalue weighted by molar-refractivity contribution is 7.84. The molecule has 0 bridgehead atoms. The number of thiophene rings is 1. The van der Waals surface area contributed by atoms with Gasteiger partial charge in [-0.2, -0.15) is 0 Å². The summed E-state index contributed by atoms with van der Waals surface area (Å²) in [6.45, 7) is 2.40. The fourth-order valence-corrected chi connectivity index (χ4v) is 3.33. The van der Waals surface area contributed by atoms with Crippen molar-refractivity contribution in [3.05, 3.63) is 28.6 Å². The van der Waals surface area contributed by atoms with E-state index in [1.807, 2.05) is 25.1 Å². The van der Waals surface area contributed by atoms with Crippen molar-refractivity contribution in [1.29, 1.82) is 0 Å². The molecule has 1 heterocycles. The maximum atomic E-state index is 12.0. The lowest BCUT2D eigenvalue weighted by atomic mass is 10.1. The number of hydrogen-bond donors (Lipinski definition) is 2. The predicted octanol–water partition coefficient (Wildman–Crippen LogP) is 1.90. The Hall–Kier alpha value is -1.40. The van der Waals surface area contributed by atoms with Crippen LogP contribution in [0.5, 0.6) is 0 Å². The monoisotopic (exact) mass is 296 g/mol. The van der Waals surface area contributed by atoms with Crippen LogP contribution in [-0.2, 0) is 10.8 Å². The summed E-state index contributed by atoms with van der Waals surface area (Å²) in [6.07, 6.45) is 1.61. The minimum Gasteiger partial charge on any atom is -0.397 e. The van der Waals surface area contributed by atoms with Crippen LogP contribution in [0.15, 0.2) is 18.2 Å². The van der Waals surface area contributed by atoms with Gasteiger partial charge in [0.05, 0.1) is 5.69 Å². The minimum absolute atomic E-state index is 0.191. The molecule has 1 aromatic carbocycles. The van der Waals surface area contributed by atoms with Crippen LogP contribution in [0.1, 0.15) is 15.2 Å². The van der Waals surface area contributed by atoms with E-state index in [4.69, 9.17) is 5.73 Å². The standard InChI is InChI=1S/C13H16N2O2S2/c1-8-4-3-5-9-10(14)12(18-11(8)9)13(16)15-6-7-19(2)17/h3-5H,6-7,14H2,1-2H3,(H,15,16). The Morgan fingerprint density at radius 3 is 2.84 bits per heavy atom. The predicted molar refractivity (Wildman–Crippen MR) is 82.2 cm³/mol. The molecule has 0 saturated carbocycles. The molecule has 0 fully saturated rings. The number of nitrogens with one attached hydrogen (secondary N) is 1. The first-order valence-electron chi connectivity index (χ1n) is 5.86. The highest BCUT2D eigenvalue weighted by atomic mass is 32.2. The third-order valence-electron chi connectivity index (χ3n) is 2.83. The van der Waals surface area contributed by atoms with E-state index in [2.05, 4.69) is 5.32 Å². The van der Waals surface area contributed by atoms with Crippen molar-refractivity contribution < 1.29 is 9.00 Å². The average Bonchev–Trinajstić information content (AvgIpc) is 2.68. The van der Waals surface area contributed by atoms with Crippen LogP contribution in [0.2, 0.25) is 0 Å². The molecular formula is C13H16N2O2S2. The molecule has 1 atom stereocenters. The quantitative estimate of drug-likeness (QED) is 0.905. The van der Waals surface area contributed by atoms with Crippen molar-refractivity contribution in [3.63, 3.8) is 0 Å². The first kappa shape index (κ1) is 14.0. The van der Waals surface area contributed by atoms with Crippen LogP contribution in [0.3, 0.4) is 0 Å². The first-order chi connectivity index (χ1) is 9.00. The van der Waals surface area contributed by atoms with Crippen LogP contribution in [0, 0.1) is 6.92 Å². The van der Waals surface area contributed by atoms with Crippen LogP contribution in [0.4, 0.5) is 5.69 Å². The van der Waals surface area contributed by atoms with Gasteiger partial charge in [-0.05, 0) is 12.5 Å². The third-order valence-corrected chi connectivity index (χ3v) is 4.97. The molecule has 6 heteroatoms. The summed E-state index contributed by atoms with van der Waals surface area (Å²) in [7, 11) is -0.905. The fraction of sp³-hybridized carbons (Fsp3) is 0.308. The Bertz CT molecular complexity index is 649. The smallest absolute Gasteiger partial charge is 0.263 e. The summed E-state index contributed by atoms with van der Waals surface area (Å²) < 4.78 is 12.0. The summed E-state index contributed by atoms with van der Waals surface area (Å²) in [4.78, 5) is 12.6.